The predicted molar refractivity (Wildman–Crippen MR) is 85.9 cm³/mol. The fourth-order valence-corrected chi connectivity index (χ4v) is 2.79. The van der Waals surface area contributed by atoms with E-state index in [1.807, 2.05) is 36.1 Å². The van der Waals surface area contributed by atoms with E-state index in [9.17, 15) is 0 Å². The fourth-order valence-electron chi connectivity index (χ4n) is 2.14. The third kappa shape index (κ3) is 3.98. The molecule has 21 heavy (non-hydrogen) atoms. The second-order valence-electron chi connectivity index (χ2n) is 4.69. The molecule has 6 heteroatoms. The van der Waals surface area contributed by atoms with Crippen LogP contribution in [-0.4, -0.2) is 30.3 Å². The zero-order valence-corrected chi connectivity index (χ0v) is 14.1. The zero-order valence-electron chi connectivity index (χ0n) is 12.5. The molecule has 2 rings (SSSR count). The first-order chi connectivity index (χ1) is 10.2. The van der Waals surface area contributed by atoms with E-state index in [2.05, 4.69) is 26.2 Å². The number of rotatable bonds is 7. The topological polar surface area (TPSA) is 48.3 Å². The number of benzene rings is 1. The highest BCUT2D eigenvalue weighted by molar-refractivity contribution is 9.10. The molecule has 0 aliphatic carbocycles. The number of nitrogens with one attached hydrogen (secondary N) is 1. The molecule has 2 aromatic rings. The van der Waals surface area contributed by atoms with Crippen LogP contribution in [-0.2, 0) is 20.0 Å². The van der Waals surface area contributed by atoms with Crippen LogP contribution < -0.4 is 14.8 Å². The molecule has 0 atom stereocenters. The summed E-state index contributed by atoms with van der Waals surface area (Å²) in [4.78, 5) is 4.30. The van der Waals surface area contributed by atoms with Crippen molar-refractivity contribution in [3.63, 3.8) is 0 Å². The van der Waals surface area contributed by atoms with E-state index in [0.717, 1.165) is 41.1 Å². The van der Waals surface area contributed by atoms with Gasteiger partial charge >= 0.3 is 0 Å². The van der Waals surface area contributed by atoms with Gasteiger partial charge in [0, 0.05) is 39.0 Å². The summed E-state index contributed by atoms with van der Waals surface area (Å²) in [5, 5.41) is 3.41. The Balaban J connectivity index is 1.91. The molecular formula is C15H20BrN3O2. The Morgan fingerprint density at radius 1 is 1.29 bits per heavy atom. The number of aromatic nitrogens is 2. The van der Waals surface area contributed by atoms with E-state index in [1.54, 1.807) is 14.2 Å². The summed E-state index contributed by atoms with van der Waals surface area (Å²) < 4.78 is 13.6. The molecule has 0 bridgehead atoms. The van der Waals surface area contributed by atoms with Gasteiger partial charge in [-0.3, -0.25) is 0 Å². The van der Waals surface area contributed by atoms with E-state index in [1.165, 1.54) is 0 Å². The molecule has 1 aromatic carbocycles. The Kier molecular flexibility index (Phi) is 5.64. The number of hydrogen-bond acceptors (Lipinski definition) is 4. The highest BCUT2D eigenvalue weighted by Gasteiger charge is 2.10. The summed E-state index contributed by atoms with van der Waals surface area (Å²) >= 11 is 3.50. The minimum absolute atomic E-state index is 0.717. The fraction of sp³-hybridized carbons (Fsp3) is 0.400. The van der Waals surface area contributed by atoms with Crippen LogP contribution in [0, 0.1) is 0 Å². The lowest BCUT2D eigenvalue weighted by atomic mass is 10.2. The SMILES string of the molecule is COc1cc(CNCCc2nccn2C)cc(Br)c1OC. The van der Waals surface area contributed by atoms with Gasteiger partial charge in [0.2, 0.25) is 0 Å². The van der Waals surface area contributed by atoms with Crippen LogP contribution in [0.25, 0.3) is 0 Å². The lowest BCUT2D eigenvalue weighted by Crippen LogP contribution is -2.18. The van der Waals surface area contributed by atoms with E-state index in [4.69, 9.17) is 9.47 Å². The van der Waals surface area contributed by atoms with Gasteiger partial charge in [0.05, 0.1) is 18.7 Å². The Morgan fingerprint density at radius 3 is 2.71 bits per heavy atom. The van der Waals surface area contributed by atoms with Gasteiger partial charge in [-0.2, -0.15) is 0 Å². The third-order valence-electron chi connectivity index (χ3n) is 3.27. The van der Waals surface area contributed by atoms with Gasteiger partial charge in [0.15, 0.2) is 11.5 Å². The van der Waals surface area contributed by atoms with Crippen LogP contribution in [0.4, 0.5) is 0 Å². The normalized spacial score (nSPS) is 10.7. The van der Waals surface area contributed by atoms with Crippen molar-refractivity contribution in [2.45, 2.75) is 13.0 Å². The van der Waals surface area contributed by atoms with Crippen molar-refractivity contribution in [1.82, 2.24) is 14.9 Å². The monoisotopic (exact) mass is 353 g/mol. The summed E-state index contributed by atoms with van der Waals surface area (Å²) in [7, 11) is 5.28. The molecule has 1 aromatic heterocycles. The summed E-state index contributed by atoms with van der Waals surface area (Å²) in [6, 6.07) is 4.02. The quantitative estimate of drug-likeness (QED) is 0.777. The van der Waals surface area contributed by atoms with Gasteiger partial charge in [-0.1, -0.05) is 0 Å². The zero-order chi connectivity index (χ0) is 15.2. The lowest BCUT2D eigenvalue weighted by Gasteiger charge is -2.12. The first kappa shape index (κ1) is 15.9. The van der Waals surface area contributed by atoms with Crippen molar-refractivity contribution >= 4 is 15.9 Å². The van der Waals surface area contributed by atoms with Crippen molar-refractivity contribution in [2.75, 3.05) is 20.8 Å². The summed E-state index contributed by atoms with van der Waals surface area (Å²) in [6.07, 6.45) is 4.68. The summed E-state index contributed by atoms with van der Waals surface area (Å²) in [5.74, 6) is 2.53. The second-order valence-corrected chi connectivity index (χ2v) is 5.55. The standard InChI is InChI=1S/C15H20BrN3O2/c1-19-7-6-18-14(19)4-5-17-10-11-8-12(16)15(21-3)13(9-11)20-2/h6-9,17H,4-5,10H2,1-3H3. The molecule has 0 spiro atoms. The van der Waals surface area contributed by atoms with Crippen LogP contribution >= 0.6 is 15.9 Å². The number of ether oxygens (including phenoxy) is 2. The Morgan fingerprint density at radius 2 is 2.10 bits per heavy atom. The van der Waals surface area contributed by atoms with Gasteiger partial charge in [-0.15, -0.1) is 0 Å². The first-order valence-electron chi connectivity index (χ1n) is 6.73. The molecular weight excluding hydrogens is 334 g/mol. The maximum absolute atomic E-state index is 5.34. The maximum atomic E-state index is 5.34. The van der Waals surface area contributed by atoms with Crippen LogP contribution in [0.5, 0.6) is 11.5 Å². The smallest absolute Gasteiger partial charge is 0.174 e. The molecule has 0 unspecified atom stereocenters. The molecule has 1 heterocycles. The van der Waals surface area contributed by atoms with Gasteiger partial charge in [-0.05, 0) is 33.6 Å². The molecule has 0 aliphatic heterocycles. The van der Waals surface area contributed by atoms with Crippen molar-refractivity contribution in [3.8, 4) is 11.5 Å². The molecule has 0 fully saturated rings. The number of halogens is 1. The minimum atomic E-state index is 0.717. The van der Waals surface area contributed by atoms with E-state index in [-0.39, 0.29) is 0 Å². The van der Waals surface area contributed by atoms with Crippen LogP contribution in [0.3, 0.4) is 0 Å². The predicted octanol–water partition coefficient (Wildman–Crippen LogP) is 2.53. The molecule has 0 saturated carbocycles. The Labute approximate surface area is 133 Å². The Bertz CT molecular complexity index is 599. The van der Waals surface area contributed by atoms with Gasteiger partial charge in [0.1, 0.15) is 5.82 Å². The summed E-state index contributed by atoms with van der Waals surface area (Å²) in [5.41, 5.74) is 1.14. The van der Waals surface area contributed by atoms with Gasteiger partial charge in [-0.25, -0.2) is 4.98 Å². The Hall–Kier alpha value is -1.53. The van der Waals surface area contributed by atoms with Gasteiger partial charge in [0.25, 0.3) is 0 Å². The largest absolute Gasteiger partial charge is 0.493 e. The van der Waals surface area contributed by atoms with Crippen LogP contribution in [0.2, 0.25) is 0 Å². The number of nitrogens with zero attached hydrogens (tertiary/aromatic N) is 2. The maximum Gasteiger partial charge on any atom is 0.174 e. The number of hydrogen-bond donors (Lipinski definition) is 1. The number of aryl methyl sites for hydroxylation is 1. The average Bonchev–Trinajstić information content (AvgIpc) is 2.88. The molecule has 114 valence electrons. The number of methoxy groups -OCH3 is 2. The van der Waals surface area contributed by atoms with Crippen LogP contribution in [0.15, 0.2) is 29.0 Å². The third-order valence-corrected chi connectivity index (χ3v) is 3.86. The molecule has 0 amide bonds. The number of imidazole rings is 1. The molecule has 0 radical (unpaired) electrons. The van der Waals surface area contributed by atoms with E-state index < -0.39 is 0 Å². The van der Waals surface area contributed by atoms with Crippen LogP contribution in [0.1, 0.15) is 11.4 Å². The van der Waals surface area contributed by atoms with Crippen molar-refractivity contribution in [3.05, 3.63) is 40.4 Å². The van der Waals surface area contributed by atoms with Crippen molar-refractivity contribution in [1.29, 1.82) is 0 Å². The highest BCUT2D eigenvalue weighted by Crippen LogP contribution is 2.36. The van der Waals surface area contributed by atoms with E-state index >= 15 is 0 Å². The molecule has 5 nitrogen and oxygen atoms in total. The highest BCUT2D eigenvalue weighted by atomic mass is 79.9. The minimum Gasteiger partial charge on any atom is -0.493 e. The van der Waals surface area contributed by atoms with Crippen molar-refractivity contribution in [2.24, 2.45) is 7.05 Å². The second kappa shape index (κ2) is 7.47. The molecule has 0 aliphatic rings. The lowest BCUT2D eigenvalue weighted by molar-refractivity contribution is 0.352. The van der Waals surface area contributed by atoms with Crippen molar-refractivity contribution < 1.29 is 9.47 Å². The van der Waals surface area contributed by atoms with E-state index in [0.29, 0.717) is 5.75 Å². The van der Waals surface area contributed by atoms with Gasteiger partial charge < -0.3 is 19.4 Å². The molecule has 0 saturated heterocycles. The molecule has 1 N–H and O–H groups in total. The average molecular weight is 354 g/mol. The first-order valence-corrected chi connectivity index (χ1v) is 7.52. The summed E-state index contributed by atoms with van der Waals surface area (Å²) in [6.45, 7) is 1.64.